The van der Waals surface area contributed by atoms with Crippen LogP contribution >= 0.6 is 12.4 Å². The average Bonchev–Trinajstić information content (AvgIpc) is 3.38. The van der Waals surface area contributed by atoms with Gasteiger partial charge in [0.1, 0.15) is 5.75 Å². The third-order valence-electron chi connectivity index (χ3n) is 4.93. The van der Waals surface area contributed by atoms with E-state index in [0.29, 0.717) is 30.2 Å². The second kappa shape index (κ2) is 8.83. The number of halogens is 3. The third-order valence-corrected chi connectivity index (χ3v) is 4.93. The van der Waals surface area contributed by atoms with Crippen LogP contribution in [0.2, 0.25) is 0 Å². The van der Waals surface area contributed by atoms with Crippen LogP contribution in [-0.4, -0.2) is 42.2 Å². The summed E-state index contributed by atoms with van der Waals surface area (Å²) in [6, 6.07) is 2.90. The lowest BCUT2D eigenvalue weighted by atomic mass is 9.90. The molecule has 1 fully saturated rings. The number of hydrogen-bond donors (Lipinski definition) is 2. The Morgan fingerprint density at radius 2 is 2.14 bits per heavy atom. The summed E-state index contributed by atoms with van der Waals surface area (Å²) in [6.45, 7) is -1.72. The lowest BCUT2D eigenvalue weighted by Gasteiger charge is -2.18. The SMILES string of the molecule is Cl.Cn1cc([C@H]2CNC[C@@H]2C(=O)NCc2cc3c(cc2OC(F)F)OCO3)cn1. The molecule has 4 rings (SSSR count). The molecule has 2 aliphatic heterocycles. The number of aryl methyl sites for hydroxylation is 1. The number of carbonyl (C=O) groups excluding carboxylic acids is 1. The summed E-state index contributed by atoms with van der Waals surface area (Å²) in [7, 11) is 1.82. The van der Waals surface area contributed by atoms with Crippen molar-refractivity contribution < 1.29 is 27.8 Å². The van der Waals surface area contributed by atoms with Crippen LogP contribution in [0.3, 0.4) is 0 Å². The maximum Gasteiger partial charge on any atom is 0.387 e. The van der Waals surface area contributed by atoms with Gasteiger partial charge < -0.3 is 24.8 Å². The summed E-state index contributed by atoms with van der Waals surface area (Å²) in [6.07, 6.45) is 3.65. The van der Waals surface area contributed by atoms with Crippen LogP contribution in [0.25, 0.3) is 0 Å². The van der Waals surface area contributed by atoms with Crippen LogP contribution in [0.4, 0.5) is 8.78 Å². The van der Waals surface area contributed by atoms with Gasteiger partial charge in [0.2, 0.25) is 12.7 Å². The molecule has 158 valence electrons. The standard InChI is InChI=1S/C18H20F2N4O4.ClH/c1-24-8-11(5-23-24)12-6-21-7-13(12)17(25)22-4-10-2-15-16(27-9-26-15)3-14(10)28-18(19)20;/h2-3,5,8,12-13,18,21H,4,6-7,9H2,1H3,(H,22,25);1H/t12-,13+;/m1./s1. The van der Waals surface area contributed by atoms with Crippen molar-refractivity contribution in [3.8, 4) is 17.2 Å². The van der Waals surface area contributed by atoms with E-state index in [0.717, 1.165) is 5.56 Å². The Morgan fingerprint density at radius 1 is 1.38 bits per heavy atom. The van der Waals surface area contributed by atoms with E-state index in [1.54, 1.807) is 16.9 Å². The number of nitrogens with zero attached hydrogens (tertiary/aromatic N) is 2. The van der Waals surface area contributed by atoms with Crippen LogP contribution in [0, 0.1) is 5.92 Å². The number of carbonyl (C=O) groups is 1. The molecular formula is C18H21ClF2N4O4. The number of aromatic nitrogens is 2. The van der Waals surface area contributed by atoms with Gasteiger partial charge in [-0.3, -0.25) is 9.48 Å². The Labute approximate surface area is 171 Å². The summed E-state index contributed by atoms with van der Waals surface area (Å²) in [5.41, 5.74) is 1.37. The van der Waals surface area contributed by atoms with Gasteiger partial charge in [-0.05, 0) is 11.6 Å². The van der Waals surface area contributed by atoms with Gasteiger partial charge in [0.05, 0.1) is 12.1 Å². The smallest absolute Gasteiger partial charge is 0.387 e. The summed E-state index contributed by atoms with van der Waals surface area (Å²) in [4.78, 5) is 12.8. The molecule has 0 aliphatic carbocycles. The highest BCUT2D eigenvalue weighted by Crippen LogP contribution is 2.38. The van der Waals surface area contributed by atoms with Gasteiger partial charge in [-0.2, -0.15) is 13.9 Å². The molecule has 2 aliphatic rings. The number of ether oxygens (including phenoxy) is 3. The molecule has 2 aromatic rings. The molecule has 0 unspecified atom stereocenters. The van der Waals surface area contributed by atoms with Crippen LogP contribution in [0.1, 0.15) is 17.0 Å². The third kappa shape index (κ3) is 4.54. The van der Waals surface area contributed by atoms with Gasteiger partial charge in [0.25, 0.3) is 0 Å². The van der Waals surface area contributed by atoms with Gasteiger partial charge in [-0.15, -0.1) is 12.4 Å². The predicted octanol–water partition coefficient (Wildman–Crippen LogP) is 1.79. The van der Waals surface area contributed by atoms with E-state index in [-0.39, 0.29) is 49.2 Å². The molecule has 0 bridgehead atoms. The monoisotopic (exact) mass is 430 g/mol. The minimum Gasteiger partial charge on any atom is -0.454 e. The lowest BCUT2D eigenvalue weighted by molar-refractivity contribution is -0.125. The highest BCUT2D eigenvalue weighted by atomic mass is 35.5. The van der Waals surface area contributed by atoms with E-state index in [4.69, 9.17) is 9.47 Å². The Bertz CT molecular complexity index is 880. The number of benzene rings is 1. The molecule has 1 aromatic carbocycles. The fourth-order valence-electron chi connectivity index (χ4n) is 3.56. The molecule has 0 saturated carbocycles. The zero-order valence-corrected chi connectivity index (χ0v) is 16.4. The van der Waals surface area contributed by atoms with E-state index in [1.165, 1.54) is 6.07 Å². The Kier molecular flexibility index (Phi) is 6.43. The topological polar surface area (TPSA) is 86.6 Å². The molecule has 1 aromatic heterocycles. The van der Waals surface area contributed by atoms with Gasteiger partial charge in [0, 0.05) is 50.4 Å². The number of rotatable bonds is 6. The molecule has 2 atom stereocenters. The minimum absolute atomic E-state index is 0. The Balaban J connectivity index is 0.00000240. The molecule has 0 radical (unpaired) electrons. The highest BCUT2D eigenvalue weighted by molar-refractivity contribution is 5.85. The van der Waals surface area contributed by atoms with Gasteiger partial charge >= 0.3 is 6.61 Å². The van der Waals surface area contributed by atoms with Crippen LogP contribution in [0.15, 0.2) is 24.5 Å². The first-order valence-corrected chi connectivity index (χ1v) is 8.85. The average molecular weight is 431 g/mol. The van der Waals surface area contributed by atoms with E-state index >= 15 is 0 Å². The number of nitrogens with one attached hydrogen (secondary N) is 2. The van der Waals surface area contributed by atoms with Crippen molar-refractivity contribution in [1.82, 2.24) is 20.4 Å². The largest absolute Gasteiger partial charge is 0.454 e. The quantitative estimate of drug-likeness (QED) is 0.726. The molecule has 8 nitrogen and oxygen atoms in total. The number of hydrogen-bond acceptors (Lipinski definition) is 6. The fourth-order valence-corrected chi connectivity index (χ4v) is 3.56. The van der Waals surface area contributed by atoms with Crippen LogP contribution in [0.5, 0.6) is 17.2 Å². The maximum atomic E-state index is 12.8. The van der Waals surface area contributed by atoms with E-state index in [9.17, 15) is 13.6 Å². The first kappa shape index (κ1) is 21.1. The molecule has 2 N–H and O–H groups in total. The molecule has 11 heteroatoms. The highest BCUT2D eigenvalue weighted by Gasteiger charge is 2.34. The van der Waals surface area contributed by atoms with Crippen molar-refractivity contribution in [3.63, 3.8) is 0 Å². The summed E-state index contributed by atoms with van der Waals surface area (Å²) < 4.78 is 42.2. The summed E-state index contributed by atoms with van der Waals surface area (Å²) in [5, 5.41) is 10.2. The second-order valence-electron chi connectivity index (χ2n) is 6.73. The molecule has 3 heterocycles. The predicted molar refractivity (Wildman–Crippen MR) is 101 cm³/mol. The van der Waals surface area contributed by atoms with E-state index in [1.807, 2.05) is 13.2 Å². The van der Waals surface area contributed by atoms with Crippen molar-refractivity contribution in [1.29, 1.82) is 0 Å². The van der Waals surface area contributed by atoms with Crippen molar-refractivity contribution >= 4 is 18.3 Å². The maximum absolute atomic E-state index is 12.8. The van der Waals surface area contributed by atoms with Crippen molar-refractivity contribution in [3.05, 3.63) is 35.7 Å². The Hall–Kier alpha value is -2.59. The number of amides is 1. The van der Waals surface area contributed by atoms with Crippen molar-refractivity contribution in [2.45, 2.75) is 19.1 Å². The summed E-state index contributed by atoms with van der Waals surface area (Å²) in [5.74, 6) is 0.274. The van der Waals surface area contributed by atoms with Gasteiger partial charge in [0.15, 0.2) is 11.5 Å². The normalized spacial score (nSPS) is 19.9. The molecule has 0 spiro atoms. The minimum atomic E-state index is -2.98. The van der Waals surface area contributed by atoms with E-state index in [2.05, 4.69) is 20.5 Å². The van der Waals surface area contributed by atoms with Crippen molar-refractivity contribution in [2.75, 3.05) is 19.9 Å². The Morgan fingerprint density at radius 3 is 2.83 bits per heavy atom. The zero-order chi connectivity index (χ0) is 19.7. The van der Waals surface area contributed by atoms with Crippen LogP contribution in [-0.2, 0) is 18.4 Å². The molecular weight excluding hydrogens is 410 g/mol. The first-order valence-electron chi connectivity index (χ1n) is 8.85. The number of fused-ring (bicyclic) bond motifs is 1. The number of alkyl halides is 2. The molecule has 1 amide bonds. The van der Waals surface area contributed by atoms with Gasteiger partial charge in [-0.25, -0.2) is 0 Å². The first-order chi connectivity index (χ1) is 13.5. The molecule has 1 saturated heterocycles. The van der Waals surface area contributed by atoms with Gasteiger partial charge in [-0.1, -0.05) is 0 Å². The van der Waals surface area contributed by atoms with Crippen LogP contribution < -0.4 is 24.8 Å². The molecule has 29 heavy (non-hydrogen) atoms. The summed E-state index contributed by atoms with van der Waals surface area (Å²) >= 11 is 0. The lowest BCUT2D eigenvalue weighted by Crippen LogP contribution is -2.34. The van der Waals surface area contributed by atoms with Crippen molar-refractivity contribution in [2.24, 2.45) is 13.0 Å². The van der Waals surface area contributed by atoms with E-state index < -0.39 is 6.61 Å². The zero-order valence-electron chi connectivity index (χ0n) is 15.6. The second-order valence-corrected chi connectivity index (χ2v) is 6.73. The fraction of sp³-hybridized carbons (Fsp3) is 0.444.